The van der Waals surface area contributed by atoms with E-state index in [0.29, 0.717) is 31.3 Å². The van der Waals surface area contributed by atoms with Crippen LogP contribution in [0.3, 0.4) is 0 Å². The number of carbonyl (C=O) groups is 2. The molecule has 1 aliphatic rings. The van der Waals surface area contributed by atoms with Gasteiger partial charge in [0.25, 0.3) is 0 Å². The molecule has 1 saturated heterocycles. The lowest BCUT2D eigenvalue weighted by Gasteiger charge is -2.34. The molecule has 0 saturated carbocycles. The maximum atomic E-state index is 13.7. The van der Waals surface area contributed by atoms with Crippen molar-refractivity contribution in [3.63, 3.8) is 0 Å². The summed E-state index contributed by atoms with van der Waals surface area (Å²) in [7, 11) is 0. The van der Waals surface area contributed by atoms with Crippen LogP contribution < -0.4 is 5.32 Å². The van der Waals surface area contributed by atoms with Crippen molar-refractivity contribution >= 4 is 23.2 Å². The molecule has 11 nitrogen and oxygen atoms in total. The summed E-state index contributed by atoms with van der Waals surface area (Å²) in [5.74, 6) is 1.05. The Hall–Kier alpha value is -3.09. The number of thiophene rings is 1. The molecule has 4 rings (SSSR count). The van der Waals surface area contributed by atoms with Crippen LogP contribution in [-0.2, 0) is 20.9 Å². The fourth-order valence-electron chi connectivity index (χ4n) is 4.17. The first-order valence-corrected chi connectivity index (χ1v) is 13.4. The second-order valence-corrected chi connectivity index (χ2v) is 11.1. The van der Waals surface area contributed by atoms with E-state index < -0.39 is 11.6 Å². The van der Waals surface area contributed by atoms with E-state index in [9.17, 15) is 9.59 Å². The molecular formula is C25H35N7O4S. The fourth-order valence-corrected chi connectivity index (χ4v) is 5.01. The summed E-state index contributed by atoms with van der Waals surface area (Å²) in [6, 6.07) is 6.61. The molecule has 2 amide bonds. The highest BCUT2D eigenvalue weighted by molar-refractivity contribution is 7.10. The maximum absolute atomic E-state index is 13.7. The lowest BCUT2D eigenvalue weighted by molar-refractivity contribution is -0.142. The Morgan fingerprint density at radius 1 is 1.22 bits per heavy atom. The Kier molecular flexibility index (Phi) is 8.72. The molecule has 12 heteroatoms. The third-order valence-corrected chi connectivity index (χ3v) is 6.78. The van der Waals surface area contributed by atoms with Gasteiger partial charge in [-0.05, 0) is 62.9 Å². The van der Waals surface area contributed by atoms with E-state index in [2.05, 4.69) is 25.6 Å². The number of furan rings is 1. The number of aromatic nitrogens is 4. The standard InChI is InChI=1S/C25H35N7O4S/c1-18-8-9-19(36-18)23-27-29-32(28-23)17-21(33)31(11-6-10-30-12-14-35-15-13-30)22(20-7-5-16-37-20)24(34)26-25(2,3)4/h5,7-9,16,22H,6,10-15,17H2,1-4H3,(H,26,34)/t22-/m1/s1. The molecule has 4 heterocycles. The third kappa shape index (κ3) is 7.46. The zero-order chi connectivity index (χ0) is 26.4. The zero-order valence-electron chi connectivity index (χ0n) is 21.8. The molecule has 3 aromatic heterocycles. The number of morpholine rings is 1. The summed E-state index contributed by atoms with van der Waals surface area (Å²) >= 11 is 1.46. The quantitative estimate of drug-likeness (QED) is 0.426. The van der Waals surface area contributed by atoms with Crippen LogP contribution in [0.1, 0.15) is 43.9 Å². The van der Waals surface area contributed by atoms with Crippen LogP contribution in [-0.4, -0.2) is 86.8 Å². The molecule has 1 atom stereocenters. The first-order valence-electron chi connectivity index (χ1n) is 12.5. The second-order valence-electron chi connectivity index (χ2n) is 10.1. The molecule has 0 unspecified atom stereocenters. The van der Waals surface area contributed by atoms with Gasteiger partial charge in [-0.15, -0.1) is 21.5 Å². The van der Waals surface area contributed by atoms with Gasteiger partial charge in [0.2, 0.25) is 17.6 Å². The predicted octanol–water partition coefficient (Wildman–Crippen LogP) is 2.51. The maximum Gasteiger partial charge on any atom is 0.248 e. The highest BCUT2D eigenvalue weighted by Crippen LogP contribution is 2.27. The molecule has 0 aromatic carbocycles. The average molecular weight is 530 g/mol. The van der Waals surface area contributed by atoms with E-state index in [-0.39, 0.29) is 18.4 Å². The van der Waals surface area contributed by atoms with Crippen LogP contribution in [0.2, 0.25) is 0 Å². The van der Waals surface area contributed by atoms with Crippen LogP contribution in [0.5, 0.6) is 0 Å². The number of hydrogen-bond donors (Lipinski definition) is 1. The highest BCUT2D eigenvalue weighted by Gasteiger charge is 2.34. The van der Waals surface area contributed by atoms with Gasteiger partial charge in [0, 0.05) is 36.6 Å². The van der Waals surface area contributed by atoms with Crippen molar-refractivity contribution in [2.45, 2.75) is 52.2 Å². The van der Waals surface area contributed by atoms with Gasteiger partial charge in [-0.2, -0.15) is 4.80 Å². The van der Waals surface area contributed by atoms with E-state index in [1.54, 1.807) is 11.0 Å². The van der Waals surface area contributed by atoms with Crippen molar-refractivity contribution in [3.8, 4) is 11.6 Å². The average Bonchev–Trinajstić information content (AvgIpc) is 3.60. The zero-order valence-corrected chi connectivity index (χ0v) is 22.7. The normalized spacial score (nSPS) is 15.5. The van der Waals surface area contributed by atoms with Gasteiger partial charge in [0.05, 0.1) is 13.2 Å². The molecule has 1 aliphatic heterocycles. The Labute approximate surface area is 220 Å². The molecular weight excluding hydrogens is 494 g/mol. The van der Waals surface area contributed by atoms with Crippen LogP contribution in [0.25, 0.3) is 11.6 Å². The Morgan fingerprint density at radius 2 is 2.00 bits per heavy atom. The van der Waals surface area contributed by atoms with Gasteiger partial charge >= 0.3 is 0 Å². The summed E-state index contributed by atoms with van der Waals surface area (Å²) in [5.41, 5.74) is -0.446. The molecule has 0 radical (unpaired) electrons. The van der Waals surface area contributed by atoms with Crippen molar-refractivity contribution in [1.82, 2.24) is 35.3 Å². The van der Waals surface area contributed by atoms with Crippen LogP contribution in [0.15, 0.2) is 34.1 Å². The van der Waals surface area contributed by atoms with Crippen molar-refractivity contribution in [1.29, 1.82) is 0 Å². The lowest BCUT2D eigenvalue weighted by Crippen LogP contribution is -2.50. The number of amides is 2. The summed E-state index contributed by atoms with van der Waals surface area (Å²) in [6.45, 7) is 11.9. The third-order valence-electron chi connectivity index (χ3n) is 5.86. The molecule has 37 heavy (non-hydrogen) atoms. The molecule has 1 N–H and O–H groups in total. The van der Waals surface area contributed by atoms with Crippen molar-refractivity contribution in [2.75, 3.05) is 39.4 Å². The number of nitrogens with one attached hydrogen (secondary N) is 1. The monoisotopic (exact) mass is 529 g/mol. The summed E-state index contributed by atoms with van der Waals surface area (Å²) in [5, 5.41) is 17.4. The minimum absolute atomic E-state index is 0.144. The highest BCUT2D eigenvalue weighted by atomic mass is 32.1. The van der Waals surface area contributed by atoms with Crippen LogP contribution in [0.4, 0.5) is 0 Å². The van der Waals surface area contributed by atoms with Crippen LogP contribution >= 0.6 is 11.3 Å². The number of rotatable bonds is 10. The predicted molar refractivity (Wildman–Crippen MR) is 139 cm³/mol. The number of nitrogens with zero attached hydrogens (tertiary/aromatic N) is 6. The molecule has 0 spiro atoms. The summed E-state index contributed by atoms with van der Waals surface area (Å²) in [6.07, 6.45) is 0.720. The van der Waals surface area contributed by atoms with E-state index in [1.807, 2.05) is 51.3 Å². The second kappa shape index (κ2) is 12.0. The van der Waals surface area contributed by atoms with Crippen molar-refractivity contribution in [2.24, 2.45) is 0 Å². The molecule has 0 bridgehead atoms. The van der Waals surface area contributed by atoms with Crippen molar-refractivity contribution < 1.29 is 18.7 Å². The number of tetrazole rings is 1. The largest absolute Gasteiger partial charge is 0.458 e. The van der Waals surface area contributed by atoms with Gasteiger partial charge < -0.3 is 19.4 Å². The summed E-state index contributed by atoms with van der Waals surface area (Å²) in [4.78, 5) is 33.3. The molecule has 3 aromatic rings. The number of aryl methyl sites for hydroxylation is 1. The topological polar surface area (TPSA) is 119 Å². The molecule has 0 aliphatic carbocycles. The smallest absolute Gasteiger partial charge is 0.248 e. The number of ether oxygens (including phenoxy) is 1. The number of carbonyl (C=O) groups excluding carboxylic acids is 2. The van der Waals surface area contributed by atoms with Gasteiger partial charge in [0.15, 0.2) is 5.76 Å². The molecule has 200 valence electrons. The minimum Gasteiger partial charge on any atom is -0.458 e. The SMILES string of the molecule is Cc1ccc(-c2nnn(CC(=O)N(CCCN3CCOCC3)[C@@H](C(=O)NC(C)(C)C)c3cccs3)n2)o1. The Balaban J connectivity index is 1.54. The van der Waals surface area contributed by atoms with Gasteiger partial charge in [-0.3, -0.25) is 14.5 Å². The van der Waals surface area contributed by atoms with Crippen LogP contribution in [0, 0.1) is 6.92 Å². The Morgan fingerprint density at radius 3 is 2.65 bits per heavy atom. The molecule has 1 fully saturated rings. The van der Waals surface area contributed by atoms with E-state index in [1.165, 1.54) is 16.1 Å². The van der Waals surface area contributed by atoms with E-state index in [0.717, 1.165) is 36.7 Å². The Bertz CT molecular complexity index is 1160. The van der Waals surface area contributed by atoms with E-state index >= 15 is 0 Å². The first-order chi connectivity index (χ1) is 17.7. The van der Waals surface area contributed by atoms with E-state index in [4.69, 9.17) is 9.15 Å². The lowest BCUT2D eigenvalue weighted by atomic mass is 10.1. The minimum atomic E-state index is -0.757. The van der Waals surface area contributed by atoms with Crippen molar-refractivity contribution in [3.05, 3.63) is 40.3 Å². The van der Waals surface area contributed by atoms with Gasteiger partial charge in [0.1, 0.15) is 18.3 Å². The first kappa shape index (κ1) is 27.0. The van der Waals surface area contributed by atoms with Gasteiger partial charge in [-0.1, -0.05) is 6.07 Å². The number of hydrogen-bond acceptors (Lipinski definition) is 9. The van der Waals surface area contributed by atoms with Gasteiger partial charge in [-0.25, -0.2) is 0 Å². The summed E-state index contributed by atoms with van der Waals surface area (Å²) < 4.78 is 11.0. The fraction of sp³-hybridized carbons (Fsp3) is 0.560.